The molecule has 98 valence electrons. The van der Waals surface area contributed by atoms with Gasteiger partial charge in [-0.05, 0) is 35.9 Å². The molecule has 1 nitrogen and oxygen atoms in total. The first kappa shape index (κ1) is 14.5. The topological polar surface area (TPSA) is 17.1 Å². The van der Waals surface area contributed by atoms with E-state index < -0.39 is 5.82 Å². The fraction of sp³-hybridized carbons (Fsp3) is 0.0714. The van der Waals surface area contributed by atoms with Gasteiger partial charge in [0.15, 0.2) is 5.78 Å². The summed E-state index contributed by atoms with van der Waals surface area (Å²) in [6, 6.07) is 9.23. The Hall–Kier alpha value is -0.900. The van der Waals surface area contributed by atoms with Gasteiger partial charge in [0.2, 0.25) is 0 Å². The molecule has 19 heavy (non-hydrogen) atoms. The van der Waals surface area contributed by atoms with Gasteiger partial charge < -0.3 is 0 Å². The maximum absolute atomic E-state index is 13.0. The molecule has 0 bridgehead atoms. The molecule has 0 aliphatic carbocycles. The minimum absolute atomic E-state index is 0.0623. The van der Waals surface area contributed by atoms with Gasteiger partial charge in [-0.15, -0.1) is 0 Å². The van der Waals surface area contributed by atoms with E-state index in [0.717, 1.165) is 10.0 Å². The zero-order valence-corrected chi connectivity index (χ0v) is 12.7. The van der Waals surface area contributed by atoms with Crippen LogP contribution in [0.25, 0.3) is 0 Å². The quantitative estimate of drug-likeness (QED) is 0.676. The molecule has 0 radical (unpaired) electrons. The molecule has 0 unspecified atom stereocenters. The van der Waals surface area contributed by atoms with E-state index in [0.29, 0.717) is 10.6 Å². The zero-order chi connectivity index (χ0) is 14.0. The van der Waals surface area contributed by atoms with Crippen LogP contribution in [0.1, 0.15) is 15.9 Å². The van der Waals surface area contributed by atoms with Crippen molar-refractivity contribution in [1.82, 2.24) is 0 Å². The van der Waals surface area contributed by atoms with Gasteiger partial charge in [0.25, 0.3) is 0 Å². The van der Waals surface area contributed by atoms with Crippen LogP contribution in [0.4, 0.5) is 4.39 Å². The zero-order valence-electron chi connectivity index (χ0n) is 9.59. The molecule has 0 aliphatic rings. The Bertz CT molecular complexity index is 643. The van der Waals surface area contributed by atoms with Crippen LogP contribution in [0.3, 0.4) is 0 Å². The first-order valence-corrected chi connectivity index (χ1v) is 6.94. The van der Waals surface area contributed by atoms with Crippen LogP contribution >= 0.6 is 39.1 Å². The molecule has 0 atom stereocenters. The van der Waals surface area contributed by atoms with E-state index in [1.807, 2.05) is 6.07 Å². The van der Waals surface area contributed by atoms with E-state index in [4.69, 9.17) is 23.2 Å². The third-order valence-electron chi connectivity index (χ3n) is 2.61. The summed E-state index contributed by atoms with van der Waals surface area (Å²) in [6.45, 7) is 0. The van der Waals surface area contributed by atoms with Gasteiger partial charge in [0, 0.05) is 21.5 Å². The van der Waals surface area contributed by atoms with Crippen molar-refractivity contribution >= 4 is 44.9 Å². The van der Waals surface area contributed by atoms with Crippen molar-refractivity contribution in [3.05, 3.63) is 67.9 Å². The summed E-state index contributed by atoms with van der Waals surface area (Å²) in [4.78, 5) is 12.1. The Balaban J connectivity index is 2.23. The number of carbonyl (C=O) groups excluding carboxylic acids is 1. The second kappa shape index (κ2) is 6.04. The lowest BCUT2D eigenvalue weighted by molar-refractivity contribution is 0.0993. The van der Waals surface area contributed by atoms with Gasteiger partial charge in [-0.1, -0.05) is 45.2 Å². The third kappa shape index (κ3) is 3.56. The van der Waals surface area contributed by atoms with Gasteiger partial charge in [-0.2, -0.15) is 0 Å². The van der Waals surface area contributed by atoms with E-state index in [9.17, 15) is 9.18 Å². The largest absolute Gasteiger partial charge is 0.294 e. The van der Waals surface area contributed by atoms with Crippen LogP contribution in [0.2, 0.25) is 10.0 Å². The number of carbonyl (C=O) groups is 1. The molecule has 0 saturated heterocycles. The Morgan fingerprint density at radius 3 is 2.47 bits per heavy atom. The summed E-state index contributed by atoms with van der Waals surface area (Å²) in [5.41, 5.74) is 1.08. The van der Waals surface area contributed by atoms with Gasteiger partial charge in [-0.3, -0.25) is 4.79 Å². The second-order valence-corrected chi connectivity index (χ2v) is 5.69. The highest BCUT2D eigenvalue weighted by Crippen LogP contribution is 2.23. The maximum Gasteiger partial charge on any atom is 0.167 e. The highest BCUT2D eigenvalue weighted by atomic mass is 79.9. The predicted molar refractivity (Wildman–Crippen MR) is 78.6 cm³/mol. The number of halogens is 4. The summed E-state index contributed by atoms with van der Waals surface area (Å²) in [5, 5.41) is 0.448. The number of benzene rings is 2. The highest BCUT2D eigenvalue weighted by Gasteiger charge is 2.11. The van der Waals surface area contributed by atoms with Crippen molar-refractivity contribution in [3.8, 4) is 0 Å². The first-order chi connectivity index (χ1) is 8.97. The van der Waals surface area contributed by atoms with Crippen LogP contribution < -0.4 is 0 Å². The molecule has 2 rings (SSSR count). The second-order valence-electron chi connectivity index (χ2n) is 3.96. The van der Waals surface area contributed by atoms with E-state index in [-0.39, 0.29) is 17.2 Å². The standard InChI is InChI=1S/C14H8BrCl2FO/c15-10-3-1-8(11(16)7-10)6-14(19)9-2-4-13(18)12(17)5-9/h1-5,7H,6H2. The van der Waals surface area contributed by atoms with Crippen molar-refractivity contribution in [2.24, 2.45) is 0 Å². The number of Topliss-reactive ketones (excluding diaryl/α,β-unsaturated/α-hetero) is 1. The number of ketones is 1. The molecule has 0 fully saturated rings. The van der Waals surface area contributed by atoms with Crippen molar-refractivity contribution in [3.63, 3.8) is 0 Å². The first-order valence-electron chi connectivity index (χ1n) is 5.39. The molecular formula is C14H8BrCl2FO. The Morgan fingerprint density at radius 1 is 1.11 bits per heavy atom. The lowest BCUT2D eigenvalue weighted by Crippen LogP contribution is -2.04. The summed E-state index contributed by atoms with van der Waals surface area (Å²) in [6.07, 6.45) is 0.147. The summed E-state index contributed by atoms with van der Waals surface area (Å²) in [7, 11) is 0. The maximum atomic E-state index is 13.0. The average Bonchev–Trinajstić information content (AvgIpc) is 2.36. The number of rotatable bonds is 3. The highest BCUT2D eigenvalue weighted by molar-refractivity contribution is 9.10. The summed E-state index contributed by atoms with van der Waals surface area (Å²) < 4.78 is 13.9. The van der Waals surface area contributed by atoms with Crippen LogP contribution in [-0.4, -0.2) is 5.78 Å². The van der Waals surface area contributed by atoms with Crippen molar-refractivity contribution < 1.29 is 9.18 Å². The summed E-state index contributed by atoms with van der Waals surface area (Å²) in [5.74, 6) is -0.703. The van der Waals surface area contributed by atoms with Crippen molar-refractivity contribution in [1.29, 1.82) is 0 Å². The SMILES string of the molecule is O=C(Cc1ccc(Br)cc1Cl)c1ccc(F)c(Cl)c1. The Labute approximate surface area is 128 Å². The molecule has 0 amide bonds. The number of hydrogen-bond donors (Lipinski definition) is 0. The van der Waals surface area contributed by atoms with E-state index in [1.54, 1.807) is 12.1 Å². The van der Waals surface area contributed by atoms with Crippen LogP contribution in [0.15, 0.2) is 40.9 Å². The van der Waals surface area contributed by atoms with E-state index in [1.165, 1.54) is 18.2 Å². The van der Waals surface area contributed by atoms with Gasteiger partial charge in [0.1, 0.15) is 5.82 Å². The molecule has 0 heterocycles. The summed E-state index contributed by atoms with van der Waals surface area (Å²) >= 11 is 15.0. The Morgan fingerprint density at radius 2 is 1.84 bits per heavy atom. The number of hydrogen-bond acceptors (Lipinski definition) is 1. The third-order valence-corrected chi connectivity index (χ3v) is 3.74. The fourth-order valence-corrected chi connectivity index (χ4v) is 2.53. The predicted octanol–water partition coefficient (Wildman–Crippen LogP) is 5.32. The lowest BCUT2D eigenvalue weighted by Gasteiger charge is -2.05. The molecular weight excluding hydrogens is 354 g/mol. The molecule has 0 aliphatic heterocycles. The molecule has 0 spiro atoms. The van der Waals surface area contributed by atoms with Crippen LogP contribution in [0, 0.1) is 5.82 Å². The molecule has 2 aromatic carbocycles. The molecule has 0 N–H and O–H groups in total. The van der Waals surface area contributed by atoms with Gasteiger partial charge >= 0.3 is 0 Å². The monoisotopic (exact) mass is 360 g/mol. The average molecular weight is 362 g/mol. The van der Waals surface area contributed by atoms with Crippen LogP contribution in [0.5, 0.6) is 0 Å². The smallest absolute Gasteiger partial charge is 0.167 e. The molecule has 0 aromatic heterocycles. The lowest BCUT2D eigenvalue weighted by atomic mass is 10.0. The van der Waals surface area contributed by atoms with Crippen LogP contribution in [-0.2, 0) is 6.42 Å². The molecule has 5 heteroatoms. The Kier molecular flexibility index (Phi) is 4.61. The van der Waals surface area contributed by atoms with E-state index in [2.05, 4.69) is 15.9 Å². The fourth-order valence-electron chi connectivity index (χ4n) is 1.61. The normalized spacial score (nSPS) is 10.5. The van der Waals surface area contributed by atoms with Crippen molar-refractivity contribution in [2.45, 2.75) is 6.42 Å². The molecule has 2 aromatic rings. The molecule has 0 saturated carbocycles. The van der Waals surface area contributed by atoms with E-state index >= 15 is 0 Å². The van der Waals surface area contributed by atoms with Gasteiger partial charge in [0.05, 0.1) is 5.02 Å². The minimum atomic E-state index is -0.542. The van der Waals surface area contributed by atoms with Crippen molar-refractivity contribution in [2.75, 3.05) is 0 Å². The minimum Gasteiger partial charge on any atom is -0.294 e. The van der Waals surface area contributed by atoms with Gasteiger partial charge in [-0.25, -0.2) is 4.39 Å².